The second-order valence-electron chi connectivity index (χ2n) is 4.76. The highest BCUT2D eigenvalue weighted by atomic mass is 32.2. The Labute approximate surface area is 132 Å². The molecule has 3 aromatic rings. The lowest BCUT2D eigenvalue weighted by atomic mass is 10.1. The van der Waals surface area contributed by atoms with Gasteiger partial charge in [-0.15, -0.1) is 11.3 Å². The maximum atomic E-state index is 12.4. The van der Waals surface area contributed by atoms with E-state index >= 15 is 0 Å². The van der Waals surface area contributed by atoms with E-state index in [-0.39, 0.29) is 5.78 Å². The first-order chi connectivity index (χ1) is 10.2. The Morgan fingerprint density at radius 3 is 2.38 bits per heavy atom. The van der Waals surface area contributed by atoms with Gasteiger partial charge in [-0.1, -0.05) is 59.8 Å². The van der Waals surface area contributed by atoms with Crippen LogP contribution in [0.2, 0.25) is 0 Å². The third-order valence-corrected chi connectivity index (χ3v) is 5.15. The van der Waals surface area contributed by atoms with Gasteiger partial charge in [-0.25, -0.2) is 0 Å². The van der Waals surface area contributed by atoms with Crippen molar-refractivity contribution in [3.05, 3.63) is 82.0 Å². The molecule has 0 fully saturated rings. The Morgan fingerprint density at radius 2 is 1.67 bits per heavy atom. The van der Waals surface area contributed by atoms with Crippen LogP contribution >= 0.6 is 23.1 Å². The van der Waals surface area contributed by atoms with Crippen LogP contribution in [0, 0.1) is 6.92 Å². The number of carbonyl (C=O) groups is 1. The van der Waals surface area contributed by atoms with Crippen molar-refractivity contribution in [1.29, 1.82) is 0 Å². The van der Waals surface area contributed by atoms with Gasteiger partial charge in [0.05, 0.1) is 4.88 Å². The SMILES string of the molecule is Cc1ccc(Sc2csc(C(=O)c3ccccc3)c2)cc1. The number of ketones is 1. The average molecular weight is 310 g/mol. The fraction of sp³-hybridized carbons (Fsp3) is 0.0556. The minimum Gasteiger partial charge on any atom is -0.288 e. The molecule has 0 aliphatic heterocycles. The van der Waals surface area contributed by atoms with Crippen LogP contribution in [0.4, 0.5) is 0 Å². The number of hydrogen-bond acceptors (Lipinski definition) is 3. The minimum atomic E-state index is 0.0938. The van der Waals surface area contributed by atoms with Gasteiger partial charge in [-0.2, -0.15) is 0 Å². The number of aryl methyl sites for hydroxylation is 1. The van der Waals surface area contributed by atoms with Crippen molar-refractivity contribution in [3.63, 3.8) is 0 Å². The molecule has 3 heteroatoms. The zero-order valence-electron chi connectivity index (χ0n) is 11.6. The maximum Gasteiger partial charge on any atom is 0.202 e. The number of thiophene rings is 1. The molecule has 0 aliphatic carbocycles. The molecular formula is C18H14OS2. The number of benzene rings is 2. The Kier molecular flexibility index (Phi) is 4.23. The zero-order valence-corrected chi connectivity index (χ0v) is 13.2. The zero-order chi connectivity index (χ0) is 14.7. The first kappa shape index (κ1) is 14.1. The molecule has 21 heavy (non-hydrogen) atoms. The number of rotatable bonds is 4. The van der Waals surface area contributed by atoms with Gasteiger partial charge in [-0.05, 0) is 25.1 Å². The van der Waals surface area contributed by atoms with E-state index in [9.17, 15) is 4.79 Å². The first-order valence-corrected chi connectivity index (χ1v) is 8.35. The van der Waals surface area contributed by atoms with Gasteiger partial charge in [0.15, 0.2) is 0 Å². The van der Waals surface area contributed by atoms with E-state index in [4.69, 9.17) is 0 Å². The van der Waals surface area contributed by atoms with Crippen LogP contribution < -0.4 is 0 Å². The fourth-order valence-corrected chi connectivity index (χ4v) is 3.83. The molecule has 0 atom stereocenters. The predicted octanol–water partition coefficient (Wildman–Crippen LogP) is 5.44. The van der Waals surface area contributed by atoms with Crippen molar-refractivity contribution < 1.29 is 4.79 Å². The fourth-order valence-electron chi connectivity index (χ4n) is 1.97. The summed E-state index contributed by atoms with van der Waals surface area (Å²) >= 11 is 3.19. The molecule has 0 unspecified atom stereocenters. The van der Waals surface area contributed by atoms with E-state index in [2.05, 4.69) is 31.2 Å². The van der Waals surface area contributed by atoms with Gasteiger partial charge in [0.1, 0.15) is 0 Å². The summed E-state index contributed by atoms with van der Waals surface area (Å²) in [6.07, 6.45) is 0. The molecule has 0 saturated carbocycles. The van der Waals surface area contributed by atoms with Crippen LogP contribution in [0.5, 0.6) is 0 Å². The molecule has 0 amide bonds. The molecule has 0 N–H and O–H groups in total. The topological polar surface area (TPSA) is 17.1 Å². The van der Waals surface area contributed by atoms with E-state index in [1.54, 1.807) is 11.8 Å². The highest BCUT2D eigenvalue weighted by Crippen LogP contribution is 2.32. The molecule has 2 aromatic carbocycles. The van der Waals surface area contributed by atoms with E-state index in [0.717, 1.165) is 15.3 Å². The van der Waals surface area contributed by atoms with E-state index in [1.807, 2.05) is 41.8 Å². The van der Waals surface area contributed by atoms with Gasteiger partial charge in [0, 0.05) is 20.7 Å². The smallest absolute Gasteiger partial charge is 0.202 e. The van der Waals surface area contributed by atoms with Crippen molar-refractivity contribution in [2.24, 2.45) is 0 Å². The standard InChI is InChI=1S/C18H14OS2/c1-13-7-9-15(10-8-13)21-16-11-17(20-12-16)18(19)14-5-3-2-4-6-14/h2-12H,1H3. The lowest BCUT2D eigenvalue weighted by Crippen LogP contribution is -1.97. The predicted molar refractivity (Wildman–Crippen MR) is 89.5 cm³/mol. The molecule has 0 spiro atoms. The van der Waals surface area contributed by atoms with Crippen molar-refractivity contribution >= 4 is 28.9 Å². The second-order valence-corrected chi connectivity index (χ2v) is 6.82. The molecular weight excluding hydrogens is 296 g/mol. The lowest BCUT2D eigenvalue weighted by molar-refractivity contribution is 0.104. The van der Waals surface area contributed by atoms with Crippen LogP contribution in [0.15, 0.2) is 75.8 Å². The highest BCUT2D eigenvalue weighted by Gasteiger charge is 2.11. The summed E-state index contributed by atoms with van der Waals surface area (Å²) in [5, 5.41) is 2.04. The van der Waals surface area contributed by atoms with Gasteiger partial charge in [-0.3, -0.25) is 4.79 Å². The Hall–Kier alpha value is -1.84. The third kappa shape index (κ3) is 3.43. The van der Waals surface area contributed by atoms with Gasteiger partial charge < -0.3 is 0 Å². The molecule has 1 aromatic heterocycles. The van der Waals surface area contributed by atoms with Gasteiger partial charge in [0.2, 0.25) is 5.78 Å². The minimum absolute atomic E-state index is 0.0938. The first-order valence-electron chi connectivity index (χ1n) is 6.65. The van der Waals surface area contributed by atoms with Gasteiger partial charge in [0.25, 0.3) is 0 Å². The summed E-state index contributed by atoms with van der Waals surface area (Å²) in [6.45, 7) is 2.08. The van der Waals surface area contributed by atoms with Crippen LogP contribution in [-0.2, 0) is 0 Å². The molecule has 0 radical (unpaired) electrons. The van der Waals surface area contributed by atoms with Crippen LogP contribution in [-0.4, -0.2) is 5.78 Å². The van der Waals surface area contributed by atoms with Crippen molar-refractivity contribution in [3.8, 4) is 0 Å². The molecule has 1 nitrogen and oxygen atoms in total. The quantitative estimate of drug-likeness (QED) is 0.597. The van der Waals surface area contributed by atoms with Crippen molar-refractivity contribution in [2.45, 2.75) is 16.7 Å². The van der Waals surface area contributed by atoms with E-state index in [1.165, 1.54) is 21.8 Å². The number of carbonyl (C=O) groups excluding carboxylic acids is 1. The highest BCUT2D eigenvalue weighted by molar-refractivity contribution is 7.99. The molecule has 0 aliphatic rings. The van der Waals surface area contributed by atoms with Crippen LogP contribution in [0.25, 0.3) is 0 Å². The molecule has 0 saturated heterocycles. The van der Waals surface area contributed by atoms with Crippen LogP contribution in [0.1, 0.15) is 20.8 Å². The average Bonchev–Trinajstić information content (AvgIpc) is 2.98. The Balaban J connectivity index is 1.77. The summed E-state index contributed by atoms with van der Waals surface area (Å²) < 4.78 is 0. The van der Waals surface area contributed by atoms with Crippen molar-refractivity contribution in [2.75, 3.05) is 0 Å². The van der Waals surface area contributed by atoms with E-state index in [0.29, 0.717) is 0 Å². The Morgan fingerprint density at radius 1 is 0.952 bits per heavy atom. The normalized spacial score (nSPS) is 10.5. The maximum absolute atomic E-state index is 12.4. The summed E-state index contributed by atoms with van der Waals surface area (Å²) in [6, 6.07) is 19.8. The molecule has 104 valence electrons. The summed E-state index contributed by atoms with van der Waals surface area (Å²) in [5.74, 6) is 0.0938. The molecule has 3 rings (SSSR count). The largest absolute Gasteiger partial charge is 0.288 e. The monoisotopic (exact) mass is 310 g/mol. The third-order valence-electron chi connectivity index (χ3n) is 3.09. The molecule has 0 bridgehead atoms. The van der Waals surface area contributed by atoms with Gasteiger partial charge >= 0.3 is 0 Å². The van der Waals surface area contributed by atoms with Crippen LogP contribution in [0.3, 0.4) is 0 Å². The summed E-state index contributed by atoms with van der Waals surface area (Å²) in [7, 11) is 0. The Bertz CT molecular complexity index is 742. The number of hydrogen-bond donors (Lipinski definition) is 0. The lowest BCUT2D eigenvalue weighted by Gasteiger charge is -1.99. The second kappa shape index (κ2) is 6.29. The van der Waals surface area contributed by atoms with E-state index < -0.39 is 0 Å². The molecule has 1 heterocycles. The van der Waals surface area contributed by atoms with Crippen molar-refractivity contribution in [1.82, 2.24) is 0 Å². The summed E-state index contributed by atoms with van der Waals surface area (Å²) in [4.78, 5) is 15.5. The summed E-state index contributed by atoms with van der Waals surface area (Å²) in [5.41, 5.74) is 2.00.